The molecule has 0 unspecified atom stereocenters. The number of hydrogen-bond donors (Lipinski definition) is 2. The van der Waals surface area contributed by atoms with Gasteiger partial charge in [-0.15, -0.1) is 0 Å². The van der Waals surface area contributed by atoms with E-state index in [0.29, 0.717) is 53.8 Å². The average molecular weight is 437 g/mol. The lowest BCUT2D eigenvalue weighted by molar-refractivity contribution is 0.0189. The Bertz CT molecular complexity index is 1170. The summed E-state index contributed by atoms with van der Waals surface area (Å²) in [5.74, 6) is 0.0703. The summed E-state index contributed by atoms with van der Waals surface area (Å²) < 4.78 is 7.47. The zero-order chi connectivity index (χ0) is 23.0. The van der Waals surface area contributed by atoms with Crippen molar-refractivity contribution in [1.82, 2.24) is 19.4 Å². The van der Waals surface area contributed by atoms with Crippen LogP contribution in [-0.2, 0) is 4.74 Å². The number of rotatable bonds is 3. The van der Waals surface area contributed by atoms with E-state index in [1.165, 1.54) is 6.33 Å². The van der Waals surface area contributed by atoms with Gasteiger partial charge in [0.2, 0.25) is 0 Å². The van der Waals surface area contributed by atoms with Crippen LogP contribution in [-0.4, -0.2) is 50.0 Å². The van der Waals surface area contributed by atoms with Crippen LogP contribution in [0.25, 0.3) is 11.0 Å². The average Bonchev–Trinajstić information content (AvgIpc) is 3.13. The lowest BCUT2D eigenvalue weighted by atomic mass is 10.0. The van der Waals surface area contributed by atoms with Crippen molar-refractivity contribution in [2.24, 2.45) is 0 Å². The number of ether oxygens (including phenoxy) is 1. The van der Waals surface area contributed by atoms with Gasteiger partial charge in [0.1, 0.15) is 23.4 Å². The molecular weight excluding hydrogens is 408 g/mol. The van der Waals surface area contributed by atoms with Gasteiger partial charge in [-0.2, -0.15) is 0 Å². The molecule has 1 saturated heterocycles. The zero-order valence-electron chi connectivity index (χ0n) is 18.5. The summed E-state index contributed by atoms with van der Waals surface area (Å²) in [6.07, 6.45) is 4.31. The quantitative estimate of drug-likeness (QED) is 0.475. The van der Waals surface area contributed by atoms with Crippen molar-refractivity contribution >= 4 is 34.4 Å². The maximum Gasteiger partial charge on any atom is 0.410 e. The largest absolute Gasteiger partial charge is 0.444 e. The van der Waals surface area contributed by atoms with E-state index < -0.39 is 5.60 Å². The molecule has 1 aromatic carbocycles. The monoisotopic (exact) mass is 436 g/mol. The number of carbonyl (C=O) groups is 2. The number of likely N-dealkylation sites (tertiary alicyclic amines) is 1. The number of fused-ring (bicyclic) bond motifs is 1. The van der Waals surface area contributed by atoms with E-state index in [2.05, 4.69) is 9.97 Å². The van der Waals surface area contributed by atoms with Gasteiger partial charge in [-0.05, 0) is 45.7 Å². The van der Waals surface area contributed by atoms with E-state index in [0.717, 1.165) is 0 Å². The summed E-state index contributed by atoms with van der Waals surface area (Å²) in [4.78, 5) is 35.9. The van der Waals surface area contributed by atoms with Gasteiger partial charge in [0.25, 0.3) is 0 Å². The van der Waals surface area contributed by atoms with Gasteiger partial charge in [0.05, 0.1) is 10.9 Å². The summed E-state index contributed by atoms with van der Waals surface area (Å²) >= 11 is 0. The fourth-order valence-corrected chi connectivity index (χ4v) is 4.05. The van der Waals surface area contributed by atoms with E-state index in [1.54, 1.807) is 35.4 Å². The van der Waals surface area contributed by atoms with Crippen molar-refractivity contribution in [3.8, 4) is 0 Å². The minimum atomic E-state index is -0.533. The molecule has 1 amide bonds. The number of nitrogens with zero attached hydrogens (tertiary/aromatic N) is 4. The highest BCUT2D eigenvalue weighted by atomic mass is 16.6. The Kier molecular flexibility index (Phi) is 5.50. The number of hydrogen-bond acceptors (Lipinski definition) is 7. The van der Waals surface area contributed by atoms with Crippen LogP contribution in [0.3, 0.4) is 0 Å². The van der Waals surface area contributed by atoms with Gasteiger partial charge >= 0.3 is 6.09 Å². The number of nitrogens with two attached hydrogens (primary N) is 2. The molecule has 4 rings (SSSR count). The summed E-state index contributed by atoms with van der Waals surface area (Å²) in [5.41, 5.74) is 13.5. The molecule has 3 heterocycles. The first kappa shape index (κ1) is 21.6. The number of nitrogen functional groups attached to an aromatic ring is 2. The molecule has 0 atom stereocenters. The van der Waals surface area contributed by atoms with Gasteiger partial charge in [-0.25, -0.2) is 14.8 Å². The van der Waals surface area contributed by atoms with E-state index in [9.17, 15) is 9.59 Å². The fraction of sp³-hybridized carbons (Fsp3) is 0.391. The first-order chi connectivity index (χ1) is 15.1. The number of carbonyl (C=O) groups excluding carboxylic acids is 2. The van der Waals surface area contributed by atoms with Crippen LogP contribution in [0.2, 0.25) is 0 Å². The van der Waals surface area contributed by atoms with Gasteiger partial charge in [-0.1, -0.05) is 12.1 Å². The molecule has 2 aromatic heterocycles. The van der Waals surface area contributed by atoms with E-state index in [-0.39, 0.29) is 23.7 Å². The minimum absolute atomic E-state index is 0.0629. The second-order valence-corrected chi connectivity index (χ2v) is 9.06. The van der Waals surface area contributed by atoms with Crippen molar-refractivity contribution in [1.29, 1.82) is 0 Å². The Balaban J connectivity index is 1.63. The minimum Gasteiger partial charge on any atom is -0.444 e. The lowest BCUT2D eigenvalue weighted by Crippen LogP contribution is -2.42. The molecule has 0 bridgehead atoms. The summed E-state index contributed by atoms with van der Waals surface area (Å²) in [7, 11) is 0. The molecule has 9 heteroatoms. The highest BCUT2D eigenvalue weighted by Gasteiger charge is 2.30. The molecule has 32 heavy (non-hydrogen) atoms. The Hall–Kier alpha value is -3.62. The Morgan fingerprint density at radius 1 is 1.12 bits per heavy atom. The summed E-state index contributed by atoms with van der Waals surface area (Å²) in [5, 5.41) is 0.537. The number of piperidine rings is 1. The highest BCUT2D eigenvalue weighted by Crippen LogP contribution is 2.33. The molecule has 0 aliphatic carbocycles. The molecular formula is C23H28N6O3. The van der Waals surface area contributed by atoms with Crippen molar-refractivity contribution in [3.63, 3.8) is 0 Å². The zero-order valence-corrected chi connectivity index (χ0v) is 18.5. The van der Waals surface area contributed by atoms with Gasteiger partial charge < -0.3 is 25.7 Å². The maximum atomic E-state index is 13.3. The van der Waals surface area contributed by atoms with Crippen LogP contribution in [0.15, 0.2) is 36.8 Å². The Labute approximate surface area is 186 Å². The number of anilines is 2. The van der Waals surface area contributed by atoms with Crippen molar-refractivity contribution in [2.75, 3.05) is 24.6 Å². The van der Waals surface area contributed by atoms with Crippen LogP contribution in [0.4, 0.5) is 16.3 Å². The molecule has 0 saturated carbocycles. The van der Waals surface area contributed by atoms with E-state index in [1.807, 2.05) is 25.3 Å². The second kappa shape index (κ2) is 8.14. The molecule has 0 radical (unpaired) electrons. The van der Waals surface area contributed by atoms with E-state index >= 15 is 0 Å². The van der Waals surface area contributed by atoms with Gasteiger partial charge in [0.15, 0.2) is 5.78 Å². The molecule has 9 nitrogen and oxygen atoms in total. The third-order valence-electron chi connectivity index (χ3n) is 5.54. The van der Waals surface area contributed by atoms with Crippen LogP contribution in [0, 0.1) is 0 Å². The first-order valence-corrected chi connectivity index (χ1v) is 10.6. The normalized spacial score (nSPS) is 15.2. The molecule has 4 N–H and O–H groups in total. The highest BCUT2D eigenvalue weighted by molar-refractivity contribution is 6.18. The van der Waals surface area contributed by atoms with E-state index in [4.69, 9.17) is 16.2 Å². The number of amides is 1. The lowest BCUT2D eigenvalue weighted by Gasteiger charge is -2.34. The molecule has 1 fully saturated rings. The SMILES string of the molecule is CC(C)(C)OC(=O)N1CCC(n2cc(C(=O)c3cccc(N)c3)c3c(N)ncnc32)CC1. The fourth-order valence-electron chi connectivity index (χ4n) is 4.05. The first-order valence-electron chi connectivity index (χ1n) is 10.6. The summed E-state index contributed by atoms with van der Waals surface area (Å²) in [6.45, 7) is 6.67. The molecule has 0 spiro atoms. The van der Waals surface area contributed by atoms with Crippen LogP contribution >= 0.6 is 0 Å². The molecule has 3 aromatic rings. The second-order valence-electron chi connectivity index (χ2n) is 9.06. The molecule has 1 aliphatic rings. The Morgan fingerprint density at radius 3 is 2.50 bits per heavy atom. The third-order valence-corrected chi connectivity index (χ3v) is 5.54. The van der Waals surface area contributed by atoms with Crippen molar-refractivity contribution in [2.45, 2.75) is 45.3 Å². The molecule has 1 aliphatic heterocycles. The number of ketones is 1. The predicted molar refractivity (Wildman–Crippen MR) is 122 cm³/mol. The third kappa shape index (κ3) is 4.23. The standard InChI is InChI=1S/C23H28N6O3/c1-23(2,3)32-22(31)28-9-7-16(8-10-28)29-12-17(18-20(25)26-13-27-21(18)29)19(30)14-5-4-6-15(24)11-14/h4-6,11-13,16H,7-10,24H2,1-3H3,(H2,25,26,27). The van der Waals surface area contributed by atoms with Crippen LogP contribution < -0.4 is 11.5 Å². The Morgan fingerprint density at radius 2 is 1.84 bits per heavy atom. The van der Waals surface area contributed by atoms with Crippen LogP contribution in [0.5, 0.6) is 0 Å². The molecule has 168 valence electrons. The number of aromatic nitrogens is 3. The van der Waals surface area contributed by atoms with Crippen LogP contribution in [0.1, 0.15) is 55.6 Å². The smallest absolute Gasteiger partial charge is 0.410 e. The van der Waals surface area contributed by atoms with Gasteiger partial charge in [0, 0.05) is 36.6 Å². The maximum absolute atomic E-state index is 13.3. The predicted octanol–water partition coefficient (Wildman–Crippen LogP) is 3.40. The van der Waals surface area contributed by atoms with Gasteiger partial charge in [-0.3, -0.25) is 4.79 Å². The number of benzene rings is 1. The summed E-state index contributed by atoms with van der Waals surface area (Å²) in [6, 6.07) is 6.91. The van der Waals surface area contributed by atoms with Crippen molar-refractivity contribution < 1.29 is 14.3 Å². The van der Waals surface area contributed by atoms with Crippen molar-refractivity contribution in [3.05, 3.63) is 47.9 Å². The topological polar surface area (TPSA) is 129 Å².